The van der Waals surface area contributed by atoms with Crippen LogP contribution in [0.4, 0.5) is 11.4 Å². The minimum absolute atomic E-state index is 0.291. The zero-order chi connectivity index (χ0) is 16.8. The summed E-state index contributed by atoms with van der Waals surface area (Å²) >= 11 is 0. The average molecular weight is 319 g/mol. The third-order valence-corrected chi connectivity index (χ3v) is 4.48. The molecule has 1 heterocycles. The van der Waals surface area contributed by atoms with Gasteiger partial charge in [-0.3, -0.25) is 0 Å². The summed E-state index contributed by atoms with van der Waals surface area (Å²) in [6.45, 7) is 12.5. The summed E-state index contributed by atoms with van der Waals surface area (Å²) in [5, 5.41) is 3.60. The summed E-state index contributed by atoms with van der Waals surface area (Å²) in [5.74, 6) is 0. The number of benzene rings is 1. The molecule has 4 nitrogen and oxygen atoms in total. The van der Waals surface area contributed by atoms with Gasteiger partial charge in [0.15, 0.2) is 0 Å². The Hall–Kier alpha value is -1.26. The maximum Gasteiger partial charge on any atom is 0.0726 e. The first-order chi connectivity index (χ1) is 11.0. The Morgan fingerprint density at radius 2 is 1.70 bits per heavy atom. The lowest BCUT2D eigenvalue weighted by molar-refractivity contribution is -0.00522. The van der Waals surface area contributed by atoms with Gasteiger partial charge in [-0.1, -0.05) is 6.42 Å². The number of nitrogens with zero attached hydrogens (tertiary/aromatic N) is 1. The van der Waals surface area contributed by atoms with Gasteiger partial charge in [0.2, 0.25) is 0 Å². The Balaban J connectivity index is 2.01. The van der Waals surface area contributed by atoms with Crippen molar-refractivity contribution in [2.45, 2.75) is 59.2 Å². The average Bonchev–Trinajstić information content (AvgIpc) is 2.48. The van der Waals surface area contributed by atoms with E-state index in [2.05, 4.69) is 50.0 Å². The van der Waals surface area contributed by atoms with Crippen LogP contribution in [0.15, 0.2) is 12.1 Å². The number of hydrogen-bond acceptors (Lipinski definition) is 4. The SMILES string of the molecule is Cc1cc(N2C[C@@H](C)O[C@@H](C)C2)cc(C)c1NCCCCCN. The first-order valence-electron chi connectivity index (χ1n) is 8.97. The number of anilines is 2. The Morgan fingerprint density at radius 3 is 2.26 bits per heavy atom. The quantitative estimate of drug-likeness (QED) is 0.756. The Labute approximate surface area is 141 Å². The molecule has 0 bridgehead atoms. The molecular formula is C19H33N3O. The third-order valence-electron chi connectivity index (χ3n) is 4.48. The first kappa shape index (κ1) is 18.1. The van der Waals surface area contributed by atoms with Crippen LogP contribution in [0.5, 0.6) is 0 Å². The highest BCUT2D eigenvalue weighted by atomic mass is 16.5. The monoisotopic (exact) mass is 319 g/mol. The van der Waals surface area contributed by atoms with E-state index in [0.29, 0.717) is 12.2 Å². The van der Waals surface area contributed by atoms with Crippen molar-refractivity contribution in [3.05, 3.63) is 23.3 Å². The lowest BCUT2D eigenvalue weighted by atomic mass is 10.1. The molecule has 2 atom stereocenters. The summed E-state index contributed by atoms with van der Waals surface area (Å²) in [7, 11) is 0. The van der Waals surface area contributed by atoms with Gasteiger partial charge >= 0.3 is 0 Å². The predicted molar refractivity (Wildman–Crippen MR) is 99.5 cm³/mol. The second kappa shape index (κ2) is 8.55. The highest BCUT2D eigenvalue weighted by molar-refractivity contribution is 5.65. The second-order valence-corrected chi connectivity index (χ2v) is 6.89. The molecule has 0 unspecified atom stereocenters. The number of nitrogens with one attached hydrogen (secondary N) is 1. The molecule has 1 saturated heterocycles. The molecule has 0 amide bonds. The lowest BCUT2D eigenvalue weighted by Crippen LogP contribution is -2.45. The summed E-state index contributed by atoms with van der Waals surface area (Å²) in [5.41, 5.74) is 10.8. The zero-order valence-electron chi connectivity index (χ0n) is 15.2. The molecule has 0 saturated carbocycles. The Morgan fingerprint density at radius 1 is 1.09 bits per heavy atom. The van der Waals surface area contributed by atoms with Gasteiger partial charge in [-0.15, -0.1) is 0 Å². The largest absolute Gasteiger partial charge is 0.385 e. The van der Waals surface area contributed by atoms with Crippen LogP contribution < -0.4 is 16.0 Å². The second-order valence-electron chi connectivity index (χ2n) is 6.89. The lowest BCUT2D eigenvalue weighted by Gasteiger charge is -2.37. The molecule has 2 rings (SSSR count). The number of nitrogens with two attached hydrogens (primary N) is 1. The Bertz CT molecular complexity index is 470. The molecule has 1 aliphatic heterocycles. The fourth-order valence-electron chi connectivity index (χ4n) is 3.45. The van der Waals surface area contributed by atoms with E-state index in [1.54, 1.807) is 0 Å². The van der Waals surface area contributed by atoms with Gasteiger partial charge in [0.05, 0.1) is 12.2 Å². The summed E-state index contributed by atoms with van der Waals surface area (Å²) < 4.78 is 5.84. The maximum absolute atomic E-state index is 5.84. The molecule has 1 fully saturated rings. The van der Waals surface area contributed by atoms with Crippen LogP contribution in [-0.4, -0.2) is 38.4 Å². The standard InChI is InChI=1S/C19H33N3O/c1-14-10-18(22-12-16(3)23-17(4)13-22)11-15(2)19(14)21-9-7-5-6-8-20/h10-11,16-17,21H,5-9,12-13,20H2,1-4H3/t16-,17+. The van der Waals surface area contributed by atoms with Crippen LogP contribution in [0, 0.1) is 13.8 Å². The van der Waals surface area contributed by atoms with E-state index in [0.717, 1.165) is 32.6 Å². The molecule has 0 radical (unpaired) electrons. The molecule has 1 aliphatic rings. The van der Waals surface area contributed by atoms with Crippen molar-refractivity contribution in [1.29, 1.82) is 0 Å². The van der Waals surface area contributed by atoms with Crippen LogP contribution in [-0.2, 0) is 4.74 Å². The van der Waals surface area contributed by atoms with Crippen molar-refractivity contribution in [2.75, 3.05) is 36.4 Å². The number of aryl methyl sites for hydroxylation is 2. The van der Waals surface area contributed by atoms with Crippen molar-refractivity contribution in [3.8, 4) is 0 Å². The van der Waals surface area contributed by atoms with Crippen LogP contribution in [0.3, 0.4) is 0 Å². The molecule has 4 heteroatoms. The van der Waals surface area contributed by atoms with E-state index in [-0.39, 0.29) is 0 Å². The van der Waals surface area contributed by atoms with E-state index in [9.17, 15) is 0 Å². The van der Waals surface area contributed by atoms with Gasteiger partial charge in [0, 0.05) is 31.0 Å². The molecule has 1 aromatic rings. The van der Waals surface area contributed by atoms with Crippen molar-refractivity contribution in [3.63, 3.8) is 0 Å². The molecule has 0 aliphatic carbocycles. The number of rotatable bonds is 7. The maximum atomic E-state index is 5.84. The van der Waals surface area contributed by atoms with Crippen LogP contribution >= 0.6 is 0 Å². The molecule has 130 valence electrons. The van der Waals surface area contributed by atoms with Crippen LogP contribution in [0.1, 0.15) is 44.2 Å². The van der Waals surface area contributed by atoms with Gasteiger partial charge < -0.3 is 20.7 Å². The molecule has 0 aromatic heterocycles. The molecule has 1 aromatic carbocycles. The molecular weight excluding hydrogens is 286 g/mol. The van der Waals surface area contributed by atoms with Gasteiger partial charge in [0.25, 0.3) is 0 Å². The van der Waals surface area contributed by atoms with Crippen molar-refractivity contribution >= 4 is 11.4 Å². The van der Waals surface area contributed by atoms with Gasteiger partial charge in [-0.2, -0.15) is 0 Å². The predicted octanol–water partition coefficient (Wildman–Crippen LogP) is 3.46. The normalized spacial score (nSPS) is 21.5. The van der Waals surface area contributed by atoms with E-state index in [1.807, 2.05) is 0 Å². The highest BCUT2D eigenvalue weighted by Crippen LogP contribution is 2.29. The van der Waals surface area contributed by atoms with Crippen LogP contribution in [0.2, 0.25) is 0 Å². The zero-order valence-corrected chi connectivity index (χ0v) is 15.2. The number of ether oxygens (including phenoxy) is 1. The topological polar surface area (TPSA) is 50.5 Å². The van der Waals surface area contributed by atoms with E-state index < -0.39 is 0 Å². The van der Waals surface area contributed by atoms with Crippen molar-refractivity contribution in [2.24, 2.45) is 5.73 Å². The molecule has 23 heavy (non-hydrogen) atoms. The number of hydrogen-bond donors (Lipinski definition) is 2. The minimum Gasteiger partial charge on any atom is -0.385 e. The smallest absolute Gasteiger partial charge is 0.0726 e. The fraction of sp³-hybridized carbons (Fsp3) is 0.684. The summed E-state index contributed by atoms with van der Waals surface area (Å²) in [6.07, 6.45) is 4.07. The fourth-order valence-corrected chi connectivity index (χ4v) is 3.45. The highest BCUT2D eigenvalue weighted by Gasteiger charge is 2.23. The van der Waals surface area contributed by atoms with E-state index in [4.69, 9.17) is 10.5 Å². The first-order valence-corrected chi connectivity index (χ1v) is 8.97. The van der Waals surface area contributed by atoms with Crippen LogP contribution in [0.25, 0.3) is 0 Å². The van der Waals surface area contributed by atoms with E-state index >= 15 is 0 Å². The summed E-state index contributed by atoms with van der Waals surface area (Å²) in [6, 6.07) is 4.61. The van der Waals surface area contributed by atoms with E-state index in [1.165, 1.54) is 35.3 Å². The number of morpholine rings is 1. The van der Waals surface area contributed by atoms with Crippen molar-refractivity contribution < 1.29 is 4.74 Å². The minimum atomic E-state index is 0.291. The summed E-state index contributed by atoms with van der Waals surface area (Å²) in [4.78, 5) is 2.45. The van der Waals surface area contributed by atoms with Crippen molar-refractivity contribution in [1.82, 2.24) is 0 Å². The Kier molecular flexibility index (Phi) is 6.72. The van der Waals surface area contributed by atoms with Gasteiger partial charge in [-0.25, -0.2) is 0 Å². The van der Waals surface area contributed by atoms with Gasteiger partial charge in [-0.05, 0) is 70.3 Å². The molecule has 3 N–H and O–H groups in total. The number of unbranched alkanes of at least 4 members (excludes halogenated alkanes) is 2. The third kappa shape index (κ3) is 5.11. The van der Waals surface area contributed by atoms with Gasteiger partial charge in [0.1, 0.15) is 0 Å². The molecule has 0 spiro atoms.